The molecular weight excluding hydrogens is 351 g/mol. The van der Waals surface area contributed by atoms with Crippen LogP contribution >= 0.6 is 11.8 Å². The molecule has 0 spiro atoms. The Labute approximate surface area is 146 Å². The quantitative estimate of drug-likeness (QED) is 0.633. The van der Waals surface area contributed by atoms with Crippen molar-refractivity contribution in [2.24, 2.45) is 16.5 Å². The number of aliphatic imine (C=N–C) groups is 1. The molecule has 0 aromatic heterocycles. The lowest BCUT2D eigenvalue weighted by molar-refractivity contribution is -0.137. The molecule has 4 nitrogen and oxygen atoms in total. The van der Waals surface area contributed by atoms with E-state index in [9.17, 15) is 18.0 Å². The summed E-state index contributed by atoms with van der Waals surface area (Å²) in [4.78, 5) is 16.3. The van der Waals surface area contributed by atoms with Crippen molar-refractivity contribution in [1.29, 1.82) is 0 Å². The molecule has 4 N–H and O–H groups in total. The number of nitrogens with zero attached hydrogens (tertiary/aromatic N) is 1. The number of hydrogen-bond donors (Lipinski definition) is 2. The number of benzene rings is 2. The lowest BCUT2D eigenvalue weighted by Gasteiger charge is -2.15. The van der Waals surface area contributed by atoms with Crippen LogP contribution in [0.5, 0.6) is 0 Å². The van der Waals surface area contributed by atoms with E-state index in [1.54, 1.807) is 24.3 Å². The number of thioether (sulfide) groups is 1. The average molecular weight is 365 g/mol. The number of hydrogen-bond acceptors (Lipinski definition) is 2. The molecule has 3 rings (SSSR count). The number of carbonyl (C=O) groups is 1. The Morgan fingerprint density at radius 2 is 1.76 bits per heavy atom. The second-order valence-corrected chi connectivity index (χ2v) is 6.76. The standard InChI is InChI=1S/C17H14F3N3OS/c18-17(19,20)12-6-2-1-4-10(12)9-5-3-7-13-11(9)8-14(25-13)15(24)23-16(21)22/h1-7,14H,8H2,(H4,21,22,23,24). The fraction of sp³-hybridized carbons (Fsp3) is 0.176. The Balaban J connectivity index is 2.04. The van der Waals surface area contributed by atoms with Crippen molar-refractivity contribution in [2.75, 3.05) is 0 Å². The van der Waals surface area contributed by atoms with E-state index < -0.39 is 22.9 Å². The summed E-state index contributed by atoms with van der Waals surface area (Å²) in [6.07, 6.45) is -4.18. The molecule has 1 aliphatic rings. The molecule has 1 atom stereocenters. The Hall–Kier alpha value is -2.48. The van der Waals surface area contributed by atoms with Crippen LogP contribution in [0.15, 0.2) is 52.4 Å². The van der Waals surface area contributed by atoms with Crippen LogP contribution in [0.3, 0.4) is 0 Å². The highest BCUT2D eigenvalue weighted by atomic mass is 32.2. The van der Waals surface area contributed by atoms with E-state index >= 15 is 0 Å². The van der Waals surface area contributed by atoms with E-state index in [-0.39, 0.29) is 17.9 Å². The number of amides is 1. The largest absolute Gasteiger partial charge is 0.417 e. The Kier molecular flexibility index (Phi) is 4.47. The first-order valence-corrected chi connectivity index (χ1v) is 8.24. The molecule has 2 aromatic carbocycles. The number of rotatable bonds is 2. The molecule has 0 bridgehead atoms. The zero-order valence-electron chi connectivity index (χ0n) is 12.9. The van der Waals surface area contributed by atoms with Crippen molar-refractivity contribution < 1.29 is 18.0 Å². The third-order valence-electron chi connectivity index (χ3n) is 3.83. The molecule has 8 heteroatoms. The SMILES string of the molecule is NC(N)=NC(=O)C1Cc2c(cccc2-c2ccccc2C(F)(F)F)S1. The van der Waals surface area contributed by atoms with Crippen LogP contribution in [0, 0.1) is 0 Å². The summed E-state index contributed by atoms with van der Waals surface area (Å²) in [7, 11) is 0. The molecule has 0 saturated heterocycles. The minimum Gasteiger partial charge on any atom is -0.370 e. The van der Waals surface area contributed by atoms with Gasteiger partial charge in [0.1, 0.15) is 0 Å². The Morgan fingerprint density at radius 3 is 2.44 bits per heavy atom. The van der Waals surface area contributed by atoms with Crippen LogP contribution in [-0.4, -0.2) is 17.1 Å². The normalized spacial score (nSPS) is 16.4. The first-order valence-electron chi connectivity index (χ1n) is 7.36. The maximum Gasteiger partial charge on any atom is 0.417 e. The van der Waals surface area contributed by atoms with Crippen molar-refractivity contribution in [3.8, 4) is 11.1 Å². The third kappa shape index (κ3) is 3.48. The summed E-state index contributed by atoms with van der Waals surface area (Å²) in [6, 6.07) is 10.5. The fourth-order valence-electron chi connectivity index (χ4n) is 2.82. The van der Waals surface area contributed by atoms with Crippen molar-refractivity contribution in [1.82, 2.24) is 0 Å². The summed E-state index contributed by atoms with van der Waals surface area (Å²) in [6.45, 7) is 0. The Morgan fingerprint density at radius 1 is 1.08 bits per heavy atom. The number of fused-ring (bicyclic) bond motifs is 1. The molecule has 1 heterocycles. The van der Waals surface area contributed by atoms with Crippen molar-refractivity contribution in [3.63, 3.8) is 0 Å². The van der Waals surface area contributed by atoms with Gasteiger partial charge in [0.05, 0.1) is 10.8 Å². The summed E-state index contributed by atoms with van der Waals surface area (Å²) >= 11 is 1.26. The van der Waals surface area contributed by atoms with Crippen molar-refractivity contribution >= 4 is 23.6 Å². The zero-order valence-corrected chi connectivity index (χ0v) is 13.7. The van der Waals surface area contributed by atoms with Gasteiger partial charge in [0.25, 0.3) is 5.91 Å². The van der Waals surface area contributed by atoms with E-state index in [4.69, 9.17) is 11.5 Å². The van der Waals surface area contributed by atoms with Gasteiger partial charge >= 0.3 is 6.18 Å². The van der Waals surface area contributed by atoms with Crippen LogP contribution in [0.25, 0.3) is 11.1 Å². The molecule has 1 amide bonds. The van der Waals surface area contributed by atoms with Crippen LogP contribution in [-0.2, 0) is 17.4 Å². The molecule has 0 radical (unpaired) electrons. The first kappa shape index (κ1) is 17.3. The summed E-state index contributed by atoms with van der Waals surface area (Å²) in [5.41, 5.74) is 11.0. The van der Waals surface area contributed by atoms with Crippen molar-refractivity contribution in [2.45, 2.75) is 22.7 Å². The van der Waals surface area contributed by atoms with Crippen LogP contribution in [0.1, 0.15) is 11.1 Å². The van der Waals surface area contributed by atoms with Crippen molar-refractivity contribution in [3.05, 3.63) is 53.6 Å². The molecule has 1 aliphatic heterocycles. The predicted octanol–water partition coefficient (Wildman–Crippen LogP) is 3.19. The van der Waals surface area contributed by atoms with E-state index in [0.29, 0.717) is 11.1 Å². The average Bonchev–Trinajstić information content (AvgIpc) is 2.97. The van der Waals surface area contributed by atoms with Gasteiger partial charge in [-0.05, 0) is 35.2 Å². The smallest absolute Gasteiger partial charge is 0.370 e. The fourth-order valence-corrected chi connectivity index (χ4v) is 4.02. The van der Waals surface area contributed by atoms with Gasteiger partial charge in [-0.25, -0.2) is 0 Å². The van der Waals surface area contributed by atoms with E-state index in [1.807, 2.05) is 0 Å². The van der Waals surface area contributed by atoms with Gasteiger partial charge in [0, 0.05) is 4.90 Å². The second-order valence-electron chi connectivity index (χ2n) is 5.51. The van der Waals surface area contributed by atoms with Gasteiger partial charge in [0.2, 0.25) is 0 Å². The predicted molar refractivity (Wildman–Crippen MR) is 91.0 cm³/mol. The maximum absolute atomic E-state index is 13.3. The van der Waals surface area contributed by atoms with Gasteiger partial charge in [-0.15, -0.1) is 11.8 Å². The number of halogens is 3. The highest BCUT2D eigenvalue weighted by molar-refractivity contribution is 8.01. The monoisotopic (exact) mass is 365 g/mol. The highest BCUT2D eigenvalue weighted by Gasteiger charge is 2.35. The molecular formula is C17H14F3N3OS. The van der Waals surface area contributed by atoms with E-state index in [0.717, 1.165) is 11.0 Å². The second kappa shape index (κ2) is 6.44. The molecule has 0 aliphatic carbocycles. The summed E-state index contributed by atoms with van der Waals surface area (Å²) < 4.78 is 40.0. The third-order valence-corrected chi connectivity index (χ3v) is 5.12. The zero-order chi connectivity index (χ0) is 18.2. The highest BCUT2D eigenvalue weighted by Crippen LogP contribution is 2.45. The molecule has 1 unspecified atom stereocenters. The van der Waals surface area contributed by atoms with Gasteiger partial charge in [-0.3, -0.25) is 4.79 Å². The first-order chi connectivity index (χ1) is 11.8. The molecule has 0 fully saturated rings. The van der Waals surface area contributed by atoms with Crippen LogP contribution in [0.4, 0.5) is 13.2 Å². The minimum absolute atomic E-state index is 0.0994. The Bertz CT molecular complexity index is 860. The number of alkyl halides is 3. The lowest BCUT2D eigenvalue weighted by atomic mass is 9.93. The van der Waals surface area contributed by atoms with E-state index in [2.05, 4.69) is 4.99 Å². The van der Waals surface area contributed by atoms with Gasteiger partial charge < -0.3 is 11.5 Å². The van der Waals surface area contributed by atoms with Crippen LogP contribution in [0.2, 0.25) is 0 Å². The topological polar surface area (TPSA) is 81.5 Å². The summed E-state index contributed by atoms with van der Waals surface area (Å²) in [5, 5.41) is -0.545. The molecule has 0 saturated carbocycles. The van der Waals surface area contributed by atoms with Gasteiger partial charge in [-0.2, -0.15) is 18.2 Å². The number of nitrogens with two attached hydrogens (primary N) is 2. The van der Waals surface area contributed by atoms with Gasteiger partial charge in [0.15, 0.2) is 5.96 Å². The molecule has 130 valence electrons. The van der Waals surface area contributed by atoms with E-state index in [1.165, 1.54) is 23.9 Å². The summed E-state index contributed by atoms with van der Waals surface area (Å²) in [5.74, 6) is -0.819. The van der Waals surface area contributed by atoms with Crippen LogP contribution < -0.4 is 11.5 Å². The molecule has 25 heavy (non-hydrogen) atoms. The molecule has 2 aromatic rings. The maximum atomic E-state index is 13.3. The minimum atomic E-state index is -4.46. The van der Waals surface area contributed by atoms with Gasteiger partial charge in [-0.1, -0.05) is 30.3 Å². The number of guanidine groups is 1. The lowest BCUT2D eigenvalue weighted by Crippen LogP contribution is -2.27. The number of carbonyl (C=O) groups excluding carboxylic acids is 1.